The zero-order valence-electron chi connectivity index (χ0n) is 16.8. The predicted octanol–water partition coefficient (Wildman–Crippen LogP) is 4.66. The summed E-state index contributed by atoms with van der Waals surface area (Å²) in [5.41, 5.74) is 1.49. The van der Waals surface area contributed by atoms with E-state index in [1.54, 1.807) is 31.2 Å². The lowest BCUT2D eigenvalue weighted by molar-refractivity contribution is -0.122. The van der Waals surface area contributed by atoms with Crippen LogP contribution in [-0.2, 0) is 21.4 Å². The molecule has 0 heterocycles. The standard InChI is InChI=1S/C23H22BrFN2O3S/c1-17(19-7-11-21(25)12-8-19)26-23(28)16-27(15-18-5-3-2-4-6-18)31(29,30)22-13-9-20(24)10-14-22/h2-14,17H,15-16H2,1H3,(H,26,28)/t17-/m1/s1. The number of carbonyl (C=O) groups excluding carboxylic acids is 1. The molecule has 0 saturated heterocycles. The van der Waals surface area contributed by atoms with E-state index < -0.39 is 22.0 Å². The van der Waals surface area contributed by atoms with Crippen LogP contribution in [0, 0.1) is 5.82 Å². The number of benzene rings is 3. The maximum Gasteiger partial charge on any atom is 0.243 e. The predicted molar refractivity (Wildman–Crippen MR) is 121 cm³/mol. The van der Waals surface area contributed by atoms with E-state index in [0.29, 0.717) is 0 Å². The average Bonchev–Trinajstić information content (AvgIpc) is 2.74. The Labute approximate surface area is 190 Å². The van der Waals surface area contributed by atoms with Crippen LogP contribution in [0.2, 0.25) is 0 Å². The molecule has 0 aliphatic heterocycles. The van der Waals surface area contributed by atoms with Crippen molar-refractivity contribution in [3.63, 3.8) is 0 Å². The van der Waals surface area contributed by atoms with Crippen LogP contribution < -0.4 is 5.32 Å². The highest BCUT2D eigenvalue weighted by molar-refractivity contribution is 9.10. The molecule has 1 atom stereocenters. The second-order valence-electron chi connectivity index (χ2n) is 7.05. The summed E-state index contributed by atoms with van der Waals surface area (Å²) < 4.78 is 41.6. The van der Waals surface area contributed by atoms with Gasteiger partial charge in [-0.1, -0.05) is 58.4 Å². The summed E-state index contributed by atoms with van der Waals surface area (Å²) in [5, 5.41) is 2.79. The molecule has 0 bridgehead atoms. The average molecular weight is 505 g/mol. The Bertz CT molecular complexity index is 1120. The van der Waals surface area contributed by atoms with Crippen molar-refractivity contribution in [1.82, 2.24) is 9.62 Å². The SMILES string of the molecule is C[C@@H](NC(=O)CN(Cc1ccccc1)S(=O)(=O)c1ccc(Br)cc1)c1ccc(F)cc1. The molecule has 0 fully saturated rings. The van der Waals surface area contributed by atoms with Gasteiger partial charge in [0.15, 0.2) is 0 Å². The van der Waals surface area contributed by atoms with Gasteiger partial charge in [-0.2, -0.15) is 4.31 Å². The van der Waals surface area contributed by atoms with Gasteiger partial charge in [0.2, 0.25) is 15.9 Å². The van der Waals surface area contributed by atoms with E-state index >= 15 is 0 Å². The lowest BCUT2D eigenvalue weighted by atomic mass is 10.1. The molecule has 0 aliphatic carbocycles. The van der Waals surface area contributed by atoms with Gasteiger partial charge in [-0.15, -0.1) is 0 Å². The van der Waals surface area contributed by atoms with Gasteiger partial charge in [0.1, 0.15) is 5.82 Å². The van der Waals surface area contributed by atoms with E-state index in [1.165, 1.54) is 24.3 Å². The van der Waals surface area contributed by atoms with E-state index in [-0.39, 0.29) is 23.8 Å². The van der Waals surface area contributed by atoms with Crippen molar-refractivity contribution in [1.29, 1.82) is 0 Å². The fourth-order valence-corrected chi connectivity index (χ4v) is 4.70. The van der Waals surface area contributed by atoms with Gasteiger partial charge in [-0.25, -0.2) is 12.8 Å². The number of nitrogens with zero attached hydrogens (tertiary/aromatic N) is 1. The Morgan fingerprint density at radius 3 is 2.23 bits per heavy atom. The molecule has 3 aromatic rings. The lowest BCUT2D eigenvalue weighted by Gasteiger charge is -2.23. The zero-order chi connectivity index (χ0) is 22.4. The molecule has 3 rings (SSSR count). The van der Waals surface area contributed by atoms with Crippen LogP contribution in [0.4, 0.5) is 4.39 Å². The first-order valence-electron chi connectivity index (χ1n) is 9.60. The Kier molecular flexibility index (Phi) is 7.59. The molecule has 0 aromatic heterocycles. The number of halogens is 2. The molecule has 5 nitrogen and oxygen atoms in total. The van der Waals surface area contributed by atoms with Gasteiger partial charge >= 0.3 is 0 Å². The fraction of sp³-hybridized carbons (Fsp3) is 0.174. The zero-order valence-corrected chi connectivity index (χ0v) is 19.2. The van der Waals surface area contributed by atoms with Gasteiger partial charge in [-0.3, -0.25) is 4.79 Å². The van der Waals surface area contributed by atoms with Gasteiger partial charge < -0.3 is 5.32 Å². The van der Waals surface area contributed by atoms with Crippen molar-refractivity contribution in [2.45, 2.75) is 24.4 Å². The topological polar surface area (TPSA) is 66.5 Å². The van der Waals surface area contributed by atoms with Gasteiger partial charge in [0.25, 0.3) is 0 Å². The molecule has 3 aromatic carbocycles. The fourth-order valence-electron chi connectivity index (χ4n) is 3.05. The minimum absolute atomic E-state index is 0.0532. The molecule has 0 saturated carbocycles. The third kappa shape index (κ3) is 6.22. The highest BCUT2D eigenvalue weighted by Crippen LogP contribution is 2.21. The van der Waals surface area contributed by atoms with Crippen LogP contribution in [0.3, 0.4) is 0 Å². The number of amides is 1. The first kappa shape index (κ1) is 23.1. The molecule has 31 heavy (non-hydrogen) atoms. The second kappa shape index (κ2) is 10.2. The Morgan fingerprint density at radius 2 is 1.61 bits per heavy atom. The highest BCUT2D eigenvalue weighted by Gasteiger charge is 2.27. The van der Waals surface area contributed by atoms with Crippen molar-refractivity contribution in [2.75, 3.05) is 6.54 Å². The molecule has 1 N–H and O–H groups in total. The summed E-state index contributed by atoms with van der Waals surface area (Å²) in [5.74, 6) is -0.814. The van der Waals surface area contributed by atoms with E-state index in [1.807, 2.05) is 30.3 Å². The molecular weight excluding hydrogens is 483 g/mol. The molecule has 1 amide bonds. The van der Waals surface area contributed by atoms with Crippen LogP contribution in [0.5, 0.6) is 0 Å². The smallest absolute Gasteiger partial charge is 0.243 e. The summed E-state index contributed by atoms with van der Waals surface area (Å²) in [7, 11) is -3.92. The summed E-state index contributed by atoms with van der Waals surface area (Å²) in [6.07, 6.45) is 0. The van der Waals surface area contributed by atoms with E-state index in [0.717, 1.165) is 19.9 Å². The maximum absolute atomic E-state index is 13.3. The molecular formula is C23H22BrFN2O3S. The van der Waals surface area contributed by atoms with E-state index in [4.69, 9.17) is 0 Å². The monoisotopic (exact) mass is 504 g/mol. The van der Waals surface area contributed by atoms with E-state index in [2.05, 4.69) is 21.2 Å². The third-order valence-corrected chi connectivity index (χ3v) is 7.06. The van der Waals surface area contributed by atoms with Gasteiger partial charge in [-0.05, 0) is 54.4 Å². The van der Waals surface area contributed by atoms with Crippen molar-refractivity contribution < 1.29 is 17.6 Å². The van der Waals surface area contributed by atoms with E-state index in [9.17, 15) is 17.6 Å². The van der Waals surface area contributed by atoms with Crippen molar-refractivity contribution >= 4 is 31.9 Å². The Hall–Kier alpha value is -2.55. The molecule has 0 spiro atoms. The minimum Gasteiger partial charge on any atom is -0.348 e. The largest absolute Gasteiger partial charge is 0.348 e. The van der Waals surface area contributed by atoms with Crippen LogP contribution in [-0.4, -0.2) is 25.2 Å². The van der Waals surface area contributed by atoms with Crippen LogP contribution in [0.15, 0.2) is 88.2 Å². The molecule has 0 radical (unpaired) electrons. The highest BCUT2D eigenvalue weighted by atomic mass is 79.9. The summed E-state index contributed by atoms with van der Waals surface area (Å²) in [4.78, 5) is 12.8. The summed E-state index contributed by atoms with van der Waals surface area (Å²) in [6, 6.07) is 20.8. The van der Waals surface area contributed by atoms with Crippen LogP contribution >= 0.6 is 15.9 Å². The van der Waals surface area contributed by atoms with Crippen LogP contribution in [0.25, 0.3) is 0 Å². The third-order valence-electron chi connectivity index (χ3n) is 4.72. The number of hydrogen-bond acceptors (Lipinski definition) is 3. The summed E-state index contributed by atoms with van der Waals surface area (Å²) >= 11 is 3.30. The quantitative estimate of drug-likeness (QED) is 0.485. The normalized spacial score (nSPS) is 12.5. The molecule has 162 valence electrons. The van der Waals surface area contributed by atoms with Crippen molar-refractivity contribution in [3.05, 3.63) is 100 Å². The Morgan fingerprint density at radius 1 is 1.00 bits per heavy atom. The number of sulfonamides is 1. The molecule has 0 aliphatic rings. The van der Waals surface area contributed by atoms with Crippen molar-refractivity contribution in [2.24, 2.45) is 0 Å². The van der Waals surface area contributed by atoms with Gasteiger partial charge in [0.05, 0.1) is 17.5 Å². The maximum atomic E-state index is 13.3. The number of rotatable bonds is 8. The first-order chi connectivity index (χ1) is 14.8. The number of carbonyl (C=O) groups is 1. The van der Waals surface area contributed by atoms with Crippen LogP contribution in [0.1, 0.15) is 24.1 Å². The van der Waals surface area contributed by atoms with Gasteiger partial charge in [0, 0.05) is 11.0 Å². The first-order valence-corrected chi connectivity index (χ1v) is 11.8. The van der Waals surface area contributed by atoms with Crippen molar-refractivity contribution in [3.8, 4) is 0 Å². The number of nitrogens with one attached hydrogen (secondary N) is 1. The lowest BCUT2D eigenvalue weighted by Crippen LogP contribution is -2.41. The molecule has 0 unspecified atom stereocenters. The Balaban J connectivity index is 1.81. The summed E-state index contributed by atoms with van der Waals surface area (Å²) in [6.45, 7) is 1.46. The molecule has 8 heteroatoms. The minimum atomic E-state index is -3.92. The second-order valence-corrected chi connectivity index (χ2v) is 9.91. The number of hydrogen-bond donors (Lipinski definition) is 1.